The Balaban J connectivity index is 2.06. The fourth-order valence-corrected chi connectivity index (χ4v) is 3.26. The lowest BCUT2D eigenvalue weighted by atomic mass is 9.98. The molecule has 3 aromatic carbocycles. The van der Waals surface area contributed by atoms with E-state index in [1.165, 1.54) is 21.3 Å². The Bertz CT molecular complexity index is 1120. The maximum absolute atomic E-state index is 12.8. The van der Waals surface area contributed by atoms with Crippen LogP contribution in [0.25, 0.3) is 22.8 Å². The zero-order chi connectivity index (χ0) is 22.9. The average molecular weight is 429 g/mol. The van der Waals surface area contributed by atoms with Crippen molar-refractivity contribution in [2.75, 3.05) is 27.9 Å². The summed E-state index contributed by atoms with van der Waals surface area (Å²) in [7, 11) is 4.57. The van der Waals surface area contributed by atoms with Crippen LogP contribution in [0.1, 0.15) is 11.1 Å². The van der Waals surface area contributed by atoms with Gasteiger partial charge in [0.15, 0.2) is 18.1 Å². The molecule has 0 unspecified atom stereocenters. The van der Waals surface area contributed by atoms with E-state index in [0.717, 1.165) is 11.1 Å². The van der Waals surface area contributed by atoms with Gasteiger partial charge in [-0.15, -0.1) is 0 Å². The van der Waals surface area contributed by atoms with Crippen LogP contribution in [-0.4, -0.2) is 33.9 Å². The summed E-state index contributed by atoms with van der Waals surface area (Å²) in [6.07, 6.45) is 1.67. The van der Waals surface area contributed by atoms with E-state index in [4.69, 9.17) is 24.2 Å². The number of ether oxygens (including phenoxy) is 4. The van der Waals surface area contributed by atoms with Gasteiger partial charge in [-0.3, -0.25) is 0 Å². The third kappa shape index (κ3) is 5.08. The summed E-state index contributed by atoms with van der Waals surface area (Å²) in [4.78, 5) is 12.8. The molecule has 0 spiro atoms. The molecule has 162 valence electrons. The highest BCUT2D eigenvalue weighted by Crippen LogP contribution is 2.39. The van der Waals surface area contributed by atoms with Gasteiger partial charge >= 0.3 is 5.97 Å². The molecule has 0 N–H and O–H groups in total. The number of nitriles is 1. The molecule has 3 aromatic rings. The SMILES string of the molecule is COc1cc(/C=C(\C(=O)OCC#N)c2ccc(-c3ccccc3)cc2)cc(OC)c1OC. The van der Waals surface area contributed by atoms with Gasteiger partial charge in [0.05, 0.1) is 26.9 Å². The molecule has 0 radical (unpaired) electrons. The molecule has 0 aliphatic heterocycles. The first-order chi connectivity index (χ1) is 15.6. The maximum atomic E-state index is 12.8. The molecule has 3 rings (SSSR count). The number of carbonyl (C=O) groups is 1. The molecule has 0 fully saturated rings. The number of hydrogen-bond acceptors (Lipinski definition) is 6. The molecule has 0 atom stereocenters. The number of rotatable bonds is 8. The first kappa shape index (κ1) is 22.4. The Morgan fingerprint density at radius 2 is 1.47 bits per heavy atom. The zero-order valence-electron chi connectivity index (χ0n) is 18.1. The summed E-state index contributed by atoms with van der Waals surface area (Å²) in [6.45, 7) is -0.340. The third-order valence-electron chi connectivity index (χ3n) is 4.79. The van der Waals surface area contributed by atoms with E-state index in [1.807, 2.05) is 60.7 Å². The highest BCUT2D eigenvalue weighted by atomic mass is 16.5. The van der Waals surface area contributed by atoms with Crippen LogP contribution in [0, 0.1) is 11.3 Å². The predicted molar refractivity (Wildman–Crippen MR) is 122 cm³/mol. The average Bonchev–Trinajstić information content (AvgIpc) is 2.85. The van der Waals surface area contributed by atoms with Crippen molar-refractivity contribution in [3.8, 4) is 34.4 Å². The lowest BCUT2D eigenvalue weighted by Gasteiger charge is -2.14. The van der Waals surface area contributed by atoms with Gasteiger partial charge in [0.25, 0.3) is 0 Å². The van der Waals surface area contributed by atoms with E-state index in [9.17, 15) is 4.79 Å². The molecule has 0 heterocycles. The third-order valence-corrected chi connectivity index (χ3v) is 4.79. The Hall–Kier alpha value is -4.24. The van der Waals surface area contributed by atoms with Crippen LogP contribution in [0.4, 0.5) is 0 Å². The van der Waals surface area contributed by atoms with Crippen LogP contribution in [0.2, 0.25) is 0 Å². The number of benzene rings is 3. The van der Waals surface area contributed by atoms with Crippen molar-refractivity contribution in [2.45, 2.75) is 0 Å². The van der Waals surface area contributed by atoms with Crippen LogP contribution < -0.4 is 14.2 Å². The van der Waals surface area contributed by atoms with E-state index in [2.05, 4.69) is 0 Å². The van der Waals surface area contributed by atoms with Crippen LogP contribution in [0.15, 0.2) is 66.7 Å². The van der Waals surface area contributed by atoms with Crippen LogP contribution in [0.3, 0.4) is 0 Å². The van der Waals surface area contributed by atoms with Gasteiger partial charge in [-0.2, -0.15) is 5.26 Å². The lowest BCUT2D eigenvalue weighted by Crippen LogP contribution is -2.07. The van der Waals surface area contributed by atoms with E-state index >= 15 is 0 Å². The topological polar surface area (TPSA) is 77.8 Å². The van der Waals surface area contributed by atoms with Gasteiger partial charge in [-0.05, 0) is 40.5 Å². The first-order valence-corrected chi connectivity index (χ1v) is 9.83. The Morgan fingerprint density at radius 1 is 0.875 bits per heavy atom. The molecule has 0 aliphatic rings. The van der Waals surface area contributed by atoms with E-state index in [0.29, 0.717) is 33.9 Å². The quantitative estimate of drug-likeness (QED) is 0.285. The minimum atomic E-state index is -0.604. The summed E-state index contributed by atoms with van der Waals surface area (Å²) in [5.74, 6) is 0.769. The van der Waals surface area contributed by atoms with Gasteiger partial charge in [-0.25, -0.2) is 4.79 Å². The van der Waals surface area contributed by atoms with Crippen molar-refractivity contribution in [1.82, 2.24) is 0 Å². The second-order valence-corrected chi connectivity index (χ2v) is 6.69. The van der Waals surface area contributed by atoms with Crippen LogP contribution >= 0.6 is 0 Å². The largest absolute Gasteiger partial charge is 0.493 e. The summed E-state index contributed by atoms with van der Waals surface area (Å²) in [5.41, 5.74) is 3.69. The maximum Gasteiger partial charge on any atom is 0.339 e. The second kappa shape index (κ2) is 10.7. The van der Waals surface area contributed by atoms with E-state index < -0.39 is 5.97 Å². The molecule has 0 aromatic heterocycles. The van der Waals surface area contributed by atoms with Crippen molar-refractivity contribution in [3.63, 3.8) is 0 Å². The highest BCUT2D eigenvalue weighted by Gasteiger charge is 2.17. The van der Waals surface area contributed by atoms with Crippen molar-refractivity contribution in [3.05, 3.63) is 77.9 Å². The lowest BCUT2D eigenvalue weighted by molar-refractivity contribution is -0.135. The number of hydrogen-bond donors (Lipinski definition) is 0. The summed E-state index contributed by atoms with van der Waals surface area (Å²) >= 11 is 0. The van der Waals surface area contributed by atoms with Crippen molar-refractivity contribution in [2.24, 2.45) is 0 Å². The molecule has 0 saturated carbocycles. The summed E-state index contributed by atoms with van der Waals surface area (Å²) < 4.78 is 21.3. The minimum Gasteiger partial charge on any atom is -0.493 e. The number of carbonyl (C=O) groups excluding carboxylic acids is 1. The highest BCUT2D eigenvalue weighted by molar-refractivity contribution is 6.21. The first-order valence-electron chi connectivity index (χ1n) is 9.83. The minimum absolute atomic E-state index is 0.300. The zero-order valence-corrected chi connectivity index (χ0v) is 18.1. The van der Waals surface area contributed by atoms with E-state index in [1.54, 1.807) is 18.2 Å². The molecule has 6 nitrogen and oxygen atoms in total. The molecule has 0 bridgehead atoms. The smallest absolute Gasteiger partial charge is 0.339 e. The fourth-order valence-electron chi connectivity index (χ4n) is 3.26. The number of nitrogens with zero attached hydrogens (tertiary/aromatic N) is 1. The molecule has 6 heteroatoms. The standard InChI is InChI=1S/C26H23NO5/c1-29-23-16-18(17-24(30-2)25(23)31-3)15-22(26(28)32-14-13-27)21-11-9-20(10-12-21)19-7-5-4-6-8-19/h4-12,15-17H,14H2,1-3H3/b22-15-. The van der Waals surface area contributed by atoms with E-state index in [-0.39, 0.29) is 6.61 Å². The van der Waals surface area contributed by atoms with Crippen molar-refractivity contribution in [1.29, 1.82) is 5.26 Å². The molecular weight excluding hydrogens is 406 g/mol. The summed E-state index contributed by atoms with van der Waals surface area (Å²) in [5, 5.41) is 8.82. The molecule has 0 saturated heterocycles. The van der Waals surface area contributed by atoms with Gasteiger partial charge in [0.1, 0.15) is 6.07 Å². The van der Waals surface area contributed by atoms with Crippen LogP contribution in [-0.2, 0) is 9.53 Å². The monoisotopic (exact) mass is 429 g/mol. The summed E-state index contributed by atoms with van der Waals surface area (Å²) in [6, 6.07) is 22.8. The second-order valence-electron chi connectivity index (χ2n) is 6.69. The normalized spacial score (nSPS) is 10.8. The Kier molecular flexibility index (Phi) is 7.50. The molecule has 0 amide bonds. The Morgan fingerprint density at radius 3 is 2.00 bits per heavy atom. The Labute approximate surface area is 187 Å². The van der Waals surface area contributed by atoms with Gasteiger partial charge in [0, 0.05) is 0 Å². The van der Waals surface area contributed by atoms with Crippen LogP contribution in [0.5, 0.6) is 17.2 Å². The molecule has 32 heavy (non-hydrogen) atoms. The van der Waals surface area contributed by atoms with Gasteiger partial charge < -0.3 is 18.9 Å². The fraction of sp³-hybridized carbons (Fsp3) is 0.154. The number of methoxy groups -OCH3 is 3. The van der Waals surface area contributed by atoms with Crippen molar-refractivity contribution >= 4 is 17.6 Å². The molecule has 0 aliphatic carbocycles. The number of esters is 1. The van der Waals surface area contributed by atoms with Crippen molar-refractivity contribution < 1.29 is 23.7 Å². The predicted octanol–water partition coefficient (Wildman–Crippen LogP) is 4.99. The van der Waals surface area contributed by atoms with Gasteiger partial charge in [0.2, 0.25) is 5.75 Å². The molecular formula is C26H23NO5. The van der Waals surface area contributed by atoms with Gasteiger partial charge in [-0.1, -0.05) is 54.6 Å².